The Labute approximate surface area is 110 Å². The smallest absolute Gasteiger partial charge is 0.287 e. The molecule has 1 aromatic heterocycles. The summed E-state index contributed by atoms with van der Waals surface area (Å²) in [5, 5.41) is 22.6. The Morgan fingerprint density at radius 3 is 2.84 bits per heavy atom. The molecule has 2 rings (SSSR count). The van der Waals surface area contributed by atoms with E-state index in [-0.39, 0.29) is 17.7 Å². The number of hydrogen-bond acceptors (Lipinski definition) is 4. The van der Waals surface area contributed by atoms with Gasteiger partial charge in [-0.25, -0.2) is 0 Å². The van der Waals surface area contributed by atoms with E-state index in [1.54, 1.807) is 4.57 Å². The molecule has 1 heterocycles. The van der Waals surface area contributed by atoms with Crippen LogP contribution in [0.15, 0.2) is 12.3 Å². The number of hydrogen-bond donors (Lipinski definition) is 2. The molecule has 1 aromatic rings. The molecule has 1 fully saturated rings. The van der Waals surface area contributed by atoms with Crippen LogP contribution in [0.1, 0.15) is 30.3 Å². The van der Waals surface area contributed by atoms with Crippen LogP contribution in [-0.2, 0) is 6.54 Å². The molecule has 7 nitrogen and oxygen atoms in total. The Balaban J connectivity index is 1.99. The van der Waals surface area contributed by atoms with Gasteiger partial charge in [-0.05, 0) is 25.7 Å². The Morgan fingerprint density at radius 2 is 2.32 bits per heavy atom. The van der Waals surface area contributed by atoms with Gasteiger partial charge in [-0.1, -0.05) is 0 Å². The molecule has 1 saturated carbocycles. The summed E-state index contributed by atoms with van der Waals surface area (Å²) in [5.41, 5.74) is 0.222. The number of carbonyl (C=O) groups excluding carboxylic acids is 1. The Kier molecular flexibility index (Phi) is 3.84. The third-order valence-corrected chi connectivity index (χ3v) is 3.43. The monoisotopic (exact) mass is 267 g/mol. The van der Waals surface area contributed by atoms with Crippen molar-refractivity contribution in [2.45, 2.75) is 32.4 Å². The van der Waals surface area contributed by atoms with Gasteiger partial charge in [0.05, 0.1) is 17.2 Å². The molecular weight excluding hydrogens is 250 g/mol. The number of nitro groups is 1. The molecule has 1 amide bonds. The molecule has 1 aliphatic carbocycles. The molecule has 0 bridgehead atoms. The topological polar surface area (TPSA) is 97.4 Å². The van der Waals surface area contributed by atoms with Crippen LogP contribution in [0.25, 0.3) is 0 Å². The molecule has 0 atom stereocenters. The highest BCUT2D eigenvalue weighted by molar-refractivity contribution is 5.93. The van der Waals surface area contributed by atoms with E-state index in [2.05, 4.69) is 5.32 Å². The Hall–Kier alpha value is -1.89. The highest BCUT2D eigenvalue weighted by atomic mass is 16.6. The van der Waals surface area contributed by atoms with Crippen molar-refractivity contribution in [1.29, 1.82) is 0 Å². The minimum atomic E-state index is -0.509. The number of aliphatic hydroxyl groups is 1. The van der Waals surface area contributed by atoms with Crippen LogP contribution in [0.2, 0.25) is 0 Å². The van der Waals surface area contributed by atoms with Crippen LogP contribution in [0.4, 0.5) is 5.69 Å². The zero-order valence-corrected chi connectivity index (χ0v) is 10.7. The number of nitrogens with one attached hydrogen (secondary N) is 1. The van der Waals surface area contributed by atoms with E-state index in [4.69, 9.17) is 5.11 Å². The molecular formula is C12H17N3O4. The number of carbonyl (C=O) groups is 1. The number of aliphatic hydroxyl groups excluding tert-OH is 1. The molecule has 19 heavy (non-hydrogen) atoms. The van der Waals surface area contributed by atoms with Gasteiger partial charge in [0.25, 0.3) is 11.6 Å². The van der Waals surface area contributed by atoms with E-state index in [0.29, 0.717) is 37.5 Å². The Bertz CT molecular complexity index is 491. The molecule has 0 aliphatic heterocycles. The number of amides is 1. The van der Waals surface area contributed by atoms with Crippen molar-refractivity contribution in [2.24, 2.45) is 5.92 Å². The molecule has 0 aromatic carbocycles. The maximum atomic E-state index is 12.0. The highest BCUT2D eigenvalue weighted by Gasteiger charge is 2.28. The van der Waals surface area contributed by atoms with Crippen molar-refractivity contribution in [3.63, 3.8) is 0 Å². The van der Waals surface area contributed by atoms with Crippen molar-refractivity contribution >= 4 is 11.6 Å². The van der Waals surface area contributed by atoms with Gasteiger partial charge in [-0.15, -0.1) is 0 Å². The van der Waals surface area contributed by atoms with E-state index in [1.165, 1.54) is 12.3 Å². The first kappa shape index (κ1) is 13.5. The zero-order chi connectivity index (χ0) is 14.0. The van der Waals surface area contributed by atoms with E-state index < -0.39 is 4.92 Å². The van der Waals surface area contributed by atoms with Crippen molar-refractivity contribution in [3.05, 3.63) is 28.1 Å². The second-order valence-corrected chi connectivity index (χ2v) is 4.83. The first-order valence-electron chi connectivity index (χ1n) is 6.32. The average Bonchev–Trinajstić information content (AvgIpc) is 2.77. The van der Waals surface area contributed by atoms with Crippen LogP contribution in [0, 0.1) is 16.0 Å². The van der Waals surface area contributed by atoms with Gasteiger partial charge < -0.3 is 15.0 Å². The lowest BCUT2D eigenvalue weighted by atomic mass is 9.82. The quantitative estimate of drug-likeness (QED) is 0.612. The highest BCUT2D eigenvalue weighted by Crippen LogP contribution is 2.26. The number of nitrogens with zero attached hydrogens (tertiary/aromatic N) is 2. The van der Waals surface area contributed by atoms with E-state index in [0.717, 1.165) is 0 Å². The van der Waals surface area contributed by atoms with E-state index >= 15 is 0 Å². The summed E-state index contributed by atoms with van der Waals surface area (Å²) in [6, 6.07) is 1.29. The molecule has 0 radical (unpaired) electrons. The summed E-state index contributed by atoms with van der Waals surface area (Å²) < 4.78 is 1.56. The number of aromatic nitrogens is 1. The lowest BCUT2D eigenvalue weighted by Gasteiger charge is -2.31. The van der Waals surface area contributed by atoms with Crippen LogP contribution >= 0.6 is 0 Å². The molecule has 1 aliphatic rings. The van der Waals surface area contributed by atoms with Crippen molar-refractivity contribution in [3.8, 4) is 0 Å². The summed E-state index contributed by atoms with van der Waals surface area (Å²) in [6.07, 6.45) is 2.52. The lowest BCUT2D eigenvalue weighted by molar-refractivity contribution is -0.384. The van der Waals surface area contributed by atoms with Crippen molar-refractivity contribution in [2.75, 3.05) is 6.54 Å². The third-order valence-electron chi connectivity index (χ3n) is 3.43. The molecule has 7 heteroatoms. The van der Waals surface area contributed by atoms with Gasteiger partial charge in [-0.2, -0.15) is 0 Å². The average molecular weight is 267 g/mol. The maximum Gasteiger partial charge on any atom is 0.287 e. The molecule has 0 saturated heterocycles. The van der Waals surface area contributed by atoms with Gasteiger partial charge in [-0.3, -0.25) is 14.9 Å². The van der Waals surface area contributed by atoms with Gasteiger partial charge in [0, 0.05) is 19.2 Å². The molecule has 0 unspecified atom stereocenters. The lowest BCUT2D eigenvalue weighted by Crippen LogP contribution is -2.38. The number of aryl methyl sites for hydroxylation is 1. The SMILES string of the molecule is CCn1cc([N+](=O)[O-])cc1C(=O)NCC1CC(O)C1. The summed E-state index contributed by atoms with van der Waals surface area (Å²) in [4.78, 5) is 22.2. The second-order valence-electron chi connectivity index (χ2n) is 4.83. The van der Waals surface area contributed by atoms with Crippen LogP contribution < -0.4 is 5.32 Å². The van der Waals surface area contributed by atoms with Crippen LogP contribution in [-0.4, -0.2) is 33.2 Å². The molecule has 104 valence electrons. The Morgan fingerprint density at radius 1 is 1.63 bits per heavy atom. The zero-order valence-electron chi connectivity index (χ0n) is 10.7. The fraction of sp³-hybridized carbons (Fsp3) is 0.583. The van der Waals surface area contributed by atoms with Crippen LogP contribution in [0.5, 0.6) is 0 Å². The van der Waals surface area contributed by atoms with Crippen LogP contribution in [0.3, 0.4) is 0 Å². The largest absolute Gasteiger partial charge is 0.393 e. The summed E-state index contributed by atoms with van der Waals surface area (Å²) in [7, 11) is 0. The van der Waals surface area contributed by atoms with Crippen molar-refractivity contribution in [1.82, 2.24) is 9.88 Å². The molecule has 2 N–H and O–H groups in total. The second kappa shape index (κ2) is 5.40. The number of rotatable bonds is 5. The third kappa shape index (κ3) is 2.93. The first-order chi connectivity index (χ1) is 9.01. The predicted molar refractivity (Wildman–Crippen MR) is 67.8 cm³/mol. The van der Waals surface area contributed by atoms with E-state index in [1.807, 2.05) is 6.92 Å². The van der Waals surface area contributed by atoms with Gasteiger partial charge in [0.1, 0.15) is 5.69 Å². The van der Waals surface area contributed by atoms with Crippen molar-refractivity contribution < 1.29 is 14.8 Å². The van der Waals surface area contributed by atoms with Gasteiger partial charge in [0.2, 0.25) is 0 Å². The summed E-state index contributed by atoms with van der Waals surface area (Å²) >= 11 is 0. The minimum Gasteiger partial charge on any atom is -0.393 e. The standard InChI is InChI=1S/C12H17N3O4/c1-2-14-7-9(15(18)19)5-11(14)12(17)13-6-8-3-10(16)4-8/h5,7-8,10,16H,2-4,6H2,1H3,(H,13,17). The summed E-state index contributed by atoms with van der Waals surface area (Å²) in [6.45, 7) is 2.82. The first-order valence-corrected chi connectivity index (χ1v) is 6.32. The predicted octanol–water partition coefficient (Wildman–Crippen LogP) is 0.917. The van der Waals surface area contributed by atoms with E-state index in [9.17, 15) is 14.9 Å². The van der Waals surface area contributed by atoms with Gasteiger partial charge >= 0.3 is 0 Å². The maximum absolute atomic E-state index is 12.0. The normalized spacial score (nSPS) is 21.8. The fourth-order valence-electron chi connectivity index (χ4n) is 2.24. The van der Waals surface area contributed by atoms with Gasteiger partial charge in [0.15, 0.2) is 0 Å². The minimum absolute atomic E-state index is 0.0777. The fourth-order valence-corrected chi connectivity index (χ4v) is 2.24. The molecule has 0 spiro atoms. The summed E-state index contributed by atoms with van der Waals surface area (Å²) in [5.74, 6) is -0.00434.